The molecule has 3 rings (SSSR count). The molecule has 0 radical (unpaired) electrons. The fraction of sp³-hybridized carbons (Fsp3) is 0.381. The van der Waals surface area contributed by atoms with Crippen molar-refractivity contribution >= 4 is 5.91 Å². The summed E-state index contributed by atoms with van der Waals surface area (Å²) < 4.78 is 0. The molecule has 2 aromatic carbocycles. The predicted octanol–water partition coefficient (Wildman–Crippen LogP) is 4.30. The number of phenolic OH excluding ortho intramolecular Hbond substituents is 1. The van der Waals surface area contributed by atoms with Crippen LogP contribution in [0.25, 0.3) is 11.1 Å². The largest absolute Gasteiger partial charge is 0.508 e. The summed E-state index contributed by atoms with van der Waals surface area (Å²) in [5, 5.41) is 12.4. The zero-order valence-electron chi connectivity index (χ0n) is 14.0. The number of hydrogen-bond acceptors (Lipinski definition) is 2. The van der Waals surface area contributed by atoms with Crippen LogP contribution >= 0.6 is 0 Å². The lowest BCUT2D eigenvalue weighted by Gasteiger charge is -2.20. The average Bonchev–Trinajstić information content (AvgIpc) is 2.64. The predicted molar refractivity (Wildman–Crippen MR) is 96.8 cm³/mol. The molecule has 2 N–H and O–H groups in total. The molecule has 126 valence electrons. The van der Waals surface area contributed by atoms with Crippen LogP contribution in [0.1, 0.15) is 37.7 Å². The SMILES string of the molecule is O=C(NCCc1ccc(-c2ccc(O)cc2)cc1)C1CCCCC1. The Morgan fingerprint density at radius 1 is 0.917 bits per heavy atom. The van der Waals surface area contributed by atoms with Crippen molar-refractivity contribution in [2.24, 2.45) is 5.92 Å². The number of amides is 1. The van der Waals surface area contributed by atoms with Gasteiger partial charge in [-0.15, -0.1) is 0 Å². The zero-order chi connectivity index (χ0) is 16.8. The van der Waals surface area contributed by atoms with Crippen LogP contribution in [0, 0.1) is 5.92 Å². The van der Waals surface area contributed by atoms with Crippen molar-refractivity contribution in [2.45, 2.75) is 38.5 Å². The number of hydrogen-bond donors (Lipinski definition) is 2. The number of phenols is 1. The van der Waals surface area contributed by atoms with Crippen LogP contribution < -0.4 is 5.32 Å². The third-order valence-corrected chi connectivity index (χ3v) is 4.84. The van der Waals surface area contributed by atoms with E-state index in [1.54, 1.807) is 12.1 Å². The van der Waals surface area contributed by atoms with Gasteiger partial charge in [0, 0.05) is 12.5 Å². The van der Waals surface area contributed by atoms with Gasteiger partial charge < -0.3 is 10.4 Å². The van der Waals surface area contributed by atoms with E-state index >= 15 is 0 Å². The van der Waals surface area contributed by atoms with Crippen molar-refractivity contribution in [3.8, 4) is 16.9 Å². The van der Waals surface area contributed by atoms with E-state index in [1.807, 2.05) is 12.1 Å². The molecule has 1 saturated carbocycles. The minimum atomic E-state index is 0.232. The molecule has 0 aromatic heterocycles. The highest BCUT2D eigenvalue weighted by Crippen LogP contribution is 2.24. The maximum atomic E-state index is 12.1. The standard InChI is InChI=1S/C21H25NO2/c23-20-12-10-18(11-13-20)17-8-6-16(7-9-17)14-15-22-21(24)19-4-2-1-3-5-19/h6-13,19,23H,1-5,14-15H2,(H,22,24). The molecule has 0 saturated heterocycles. The molecule has 0 atom stereocenters. The number of benzene rings is 2. The Labute approximate surface area is 143 Å². The van der Waals surface area contributed by atoms with Gasteiger partial charge in [0.25, 0.3) is 0 Å². The van der Waals surface area contributed by atoms with Crippen LogP contribution in [0.4, 0.5) is 0 Å². The topological polar surface area (TPSA) is 49.3 Å². The lowest BCUT2D eigenvalue weighted by Crippen LogP contribution is -2.33. The lowest BCUT2D eigenvalue weighted by molar-refractivity contribution is -0.125. The van der Waals surface area contributed by atoms with E-state index in [0.717, 1.165) is 30.4 Å². The van der Waals surface area contributed by atoms with E-state index in [0.29, 0.717) is 6.54 Å². The Bertz CT molecular complexity index is 655. The third-order valence-electron chi connectivity index (χ3n) is 4.84. The normalized spacial score (nSPS) is 15.2. The number of rotatable bonds is 5. The fourth-order valence-electron chi connectivity index (χ4n) is 3.36. The van der Waals surface area contributed by atoms with E-state index in [-0.39, 0.29) is 17.6 Å². The maximum absolute atomic E-state index is 12.1. The van der Waals surface area contributed by atoms with E-state index in [2.05, 4.69) is 29.6 Å². The lowest BCUT2D eigenvalue weighted by atomic mass is 9.88. The smallest absolute Gasteiger partial charge is 0.223 e. The molecule has 1 aliphatic carbocycles. The van der Waals surface area contributed by atoms with Gasteiger partial charge in [0.1, 0.15) is 5.75 Å². The van der Waals surface area contributed by atoms with Gasteiger partial charge in [-0.25, -0.2) is 0 Å². The first-order chi connectivity index (χ1) is 11.7. The van der Waals surface area contributed by atoms with Crippen molar-refractivity contribution in [1.82, 2.24) is 5.32 Å². The molecule has 0 heterocycles. The van der Waals surface area contributed by atoms with E-state index < -0.39 is 0 Å². The Hall–Kier alpha value is -2.29. The first kappa shape index (κ1) is 16.6. The van der Waals surface area contributed by atoms with Gasteiger partial charge in [-0.3, -0.25) is 4.79 Å². The van der Waals surface area contributed by atoms with Crippen molar-refractivity contribution in [3.63, 3.8) is 0 Å². The van der Waals surface area contributed by atoms with Crippen LogP contribution in [-0.4, -0.2) is 17.6 Å². The van der Waals surface area contributed by atoms with Gasteiger partial charge in [-0.2, -0.15) is 0 Å². The summed E-state index contributed by atoms with van der Waals surface area (Å²) in [6.07, 6.45) is 6.61. The molecule has 3 heteroatoms. The maximum Gasteiger partial charge on any atom is 0.223 e. The summed E-state index contributed by atoms with van der Waals surface area (Å²) in [5.74, 6) is 0.745. The summed E-state index contributed by atoms with van der Waals surface area (Å²) in [6, 6.07) is 15.6. The van der Waals surface area contributed by atoms with E-state index in [4.69, 9.17) is 0 Å². The van der Waals surface area contributed by atoms with Gasteiger partial charge in [0.15, 0.2) is 0 Å². The van der Waals surface area contributed by atoms with Crippen LogP contribution in [0.5, 0.6) is 5.75 Å². The number of aromatic hydroxyl groups is 1. The molecule has 0 spiro atoms. The van der Waals surface area contributed by atoms with Crippen LogP contribution in [0.2, 0.25) is 0 Å². The summed E-state index contributed by atoms with van der Waals surface area (Å²) in [7, 11) is 0. The number of carbonyl (C=O) groups is 1. The van der Waals surface area contributed by atoms with Gasteiger partial charge in [0.2, 0.25) is 5.91 Å². The van der Waals surface area contributed by atoms with Crippen LogP contribution in [0.15, 0.2) is 48.5 Å². The molecule has 1 aliphatic rings. The van der Waals surface area contributed by atoms with Gasteiger partial charge in [-0.1, -0.05) is 55.7 Å². The summed E-state index contributed by atoms with van der Waals surface area (Å²) in [6.45, 7) is 0.702. The zero-order valence-corrected chi connectivity index (χ0v) is 14.0. The minimum absolute atomic E-state index is 0.232. The Morgan fingerprint density at radius 3 is 2.12 bits per heavy atom. The highest BCUT2D eigenvalue weighted by molar-refractivity contribution is 5.78. The second kappa shape index (κ2) is 8.00. The van der Waals surface area contributed by atoms with Gasteiger partial charge >= 0.3 is 0 Å². The third kappa shape index (κ3) is 4.38. The van der Waals surface area contributed by atoms with Crippen molar-refractivity contribution < 1.29 is 9.90 Å². The molecule has 0 unspecified atom stereocenters. The molecule has 2 aromatic rings. The fourth-order valence-corrected chi connectivity index (χ4v) is 3.36. The molecule has 0 aliphatic heterocycles. The molecule has 24 heavy (non-hydrogen) atoms. The Balaban J connectivity index is 1.49. The molecular formula is C21H25NO2. The van der Waals surface area contributed by atoms with Crippen molar-refractivity contribution in [2.75, 3.05) is 6.54 Å². The van der Waals surface area contributed by atoms with Crippen molar-refractivity contribution in [3.05, 3.63) is 54.1 Å². The summed E-state index contributed by atoms with van der Waals surface area (Å²) in [5.41, 5.74) is 3.44. The molecular weight excluding hydrogens is 298 g/mol. The first-order valence-corrected chi connectivity index (χ1v) is 8.88. The molecule has 1 amide bonds. The Morgan fingerprint density at radius 2 is 1.50 bits per heavy atom. The molecule has 1 fully saturated rings. The summed E-state index contributed by atoms with van der Waals surface area (Å²) >= 11 is 0. The van der Waals surface area contributed by atoms with Crippen molar-refractivity contribution in [1.29, 1.82) is 0 Å². The number of carbonyl (C=O) groups excluding carboxylic acids is 1. The highest BCUT2D eigenvalue weighted by atomic mass is 16.3. The van der Waals surface area contributed by atoms with Gasteiger partial charge in [-0.05, 0) is 48.1 Å². The molecule has 0 bridgehead atoms. The van der Waals surface area contributed by atoms with Crippen LogP contribution in [0.3, 0.4) is 0 Å². The average molecular weight is 323 g/mol. The monoisotopic (exact) mass is 323 g/mol. The Kier molecular flexibility index (Phi) is 5.52. The number of nitrogens with one attached hydrogen (secondary N) is 1. The highest BCUT2D eigenvalue weighted by Gasteiger charge is 2.20. The second-order valence-electron chi connectivity index (χ2n) is 6.62. The summed E-state index contributed by atoms with van der Waals surface area (Å²) in [4.78, 5) is 12.1. The second-order valence-corrected chi connectivity index (χ2v) is 6.62. The minimum Gasteiger partial charge on any atom is -0.508 e. The quantitative estimate of drug-likeness (QED) is 0.862. The van der Waals surface area contributed by atoms with Crippen LogP contribution in [-0.2, 0) is 11.2 Å². The van der Waals surface area contributed by atoms with Gasteiger partial charge in [0.05, 0.1) is 0 Å². The first-order valence-electron chi connectivity index (χ1n) is 8.88. The molecule has 3 nitrogen and oxygen atoms in total. The van der Waals surface area contributed by atoms with E-state index in [9.17, 15) is 9.90 Å². The van der Waals surface area contributed by atoms with E-state index in [1.165, 1.54) is 24.8 Å².